The van der Waals surface area contributed by atoms with Gasteiger partial charge in [-0.2, -0.15) is 5.10 Å². The van der Waals surface area contributed by atoms with E-state index in [0.29, 0.717) is 25.9 Å². The number of rotatable bonds is 4. The van der Waals surface area contributed by atoms with Gasteiger partial charge in [-0.3, -0.25) is 9.48 Å². The van der Waals surface area contributed by atoms with Crippen molar-refractivity contribution in [1.82, 2.24) is 14.7 Å². The second-order valence-electron chi connectivity index (χ2n) is 4.29. The summed E-state index contributed by atoms with van der Waals surface area (Å²) >= 11 is 0. The summed E-state index contributed by atoms with van der Waals surface area (Å²) < 4.78 is 6.42. The summed E-state index contributed by atoms with van der Waals surface area (Å²) in [4.78, 5) is 25.2. The molecular formula is C12H17N3O3. The third kappa shape index (κ3) is 2.69. The van der Waals surface area contributed by atoms with Crippen LogP contribution in [-0.2, 0) is 20.9 Å². The molecule has 0 spiro atoms. The fraction of sp³-hybridized carbons (Fsp3) is 0.583. The van der Waals surface area contributed by atoms with Gasteiger partial charge in [-0.1, -0.05) is 0 Å². The van der Waals surface area contributed by atoms with Gasteiger partial charge in [0, 0.05) is 31.9 Å². The topological polar surface area (TPSA) is 64.4 Å². The van der Waals surface area contributed by atoms with Gasteiger partial charge < -0.3 is 9.64 Å². The zero-order valence-electron chi connectivity index (χ0n) is 10.4. The van der Waals surface area contributed by atoms with Gasteiger partial charge in [0.05, 0.1) is 7.11 Å². The van der Waals surface area contributed by atoms with E-state index in [4.69, 9.17) is 4.74 Å². The van der Waals surface area contributed by atoms with Crippen LogP contribution in [0.4, 0.5) is 0 Å². The summed E-state index contributed by atoms with van der Waals surface area (Å²) in [6.07, 6.45) is 5.40. The van der Waals surface area contributed by atoms with Crippen molar-refractivity contribution in [3.05, 3.63) is 18.5 Å². The molecule has 0 aliphatic carbocycles. The zero-order chi connectivity index (χ0) is 13.0. The summed E-state index contributed by atoms with van der Waals surface area (Å²) in [7, 11) is 1.35. The number of likely N-dealkylation sites (tertiary alicyclic amines) is 1. The molecule has 6 heteroatoms. The molecule has 18 heavy (non-hydrogen) atoms. The van der Waals surface area contributed by atoms with Gasteiger partial charge >= 0.3 is 5.97 Å². The summed E-state index contributed by atoms with van der Waals surface area (Å²) in [5.41, 5.74) is 0. The first-order chi connectivity index (χ1) is 8.72. The number of hydrogen-bond acceptors (Lipinski definition) is 4. The number of esters is 1. The lowest BCUT2D eigenvalue weighted by molar-refractivity contribution is -0.151. The van der Waals surface area contributed by atoms with Crippen molar-refractivity contribution >= 4 is 11.9 Å². The number of hydrogen-bond donors (Lipinski definition) is 0. The Kier molecular flexibility index (Phi) is 3.96. The maximum absolute atomic E-state index is 12.0. The van der Waals surface area contributed by atoms with Crippen molar-refractivity contribution in [3.8, 4) is 0 Å². The molecule has 1 fully saturated rings. The van der Waals surface area contributed by atoms with E-state index in [-0.39, 0.29) is 11.9 Å². The molecule has 2 heterocycles. The number of aromatic nitrogens is 2. The van der Waals surface area contributed by atoms with E-state index >= 15 is 0 Å². The monoisotopic (exact) mass is 251 g/mol. The molecule has 1 aliphatic heterocycles. The SMILES string of the molecule is COC(=O)C1CCCN1C(=O)CCn1cccn1. The summed E-state index contributed by atoms with van der Waals surface area (Å²) in [5, 5.41) is 4.04. The molecule has 98 valence electrons. The molecule has 1 aromatic rings. The lowest BCUT2D eigenvalue weighted by Crippen LogP contribution is -2.41. The summed E-state index contributed by atoms with van der Waals surface area (Å²) in [6.45, 7) is 1.17. The normalized spacial score (nSPS) is 18.9. The highest BCUT2D eigenvalue weighted by atomic mass is 16.5. The van der Waals surface area contributed by atoms with Gasteiger partial charge in [0.2, 0.25) is 5.91 Å². The van der Waals surface area contributed by atoms with Crippen molar-refractivity contribution < 1.29 is 14.3 Å². The predicted molar refractivity (Wildman–Crippen MR) is 63.6 cm³/mol. The quantitative estimate of drug-likeness (QED) is 0.728. The van der Waals surface area contributed by atoms with Gasteiger partial charge in [0.1, 0.15) is 6.04 Å². The third-order valence-corrected chi connectivity index (χ3v) is 3.16. The van der Waals surface area contributed by atoms with Crippen LogP contribution in [0.3, 0.4) is 0 Å². The van der Waals surface area contributed by atoms with Crippen molar-refractivity contribution in [2.45, 2.75) is 31.8 Å². The minimum absolute atomic E-state index is 0.0154. The second kappa shape index (κ2) is 5.66. The summed E-state index contributed by atoms with van der Waals surface area (Å²) in [5.74, 6) is -0.335. The van der Waals surface area contributed by atoms with Crippen molar-refractivity contribution in [2.75, 3.05) is 13.7 Å². The Labute approximate surface area is 106 Å². The van der Waals surface area contributed by atoms with Gasteiger partial charge in [-0.15, -0.1) is 0 Å². The largest absolute Gasteiger partial charge is 0.467 e. The molecule has 1 atom stereocenters. The van der Waals surface area contributed by atoms with Gasteiger partial charge in [0.15, 0.2) is 0 Å². The molecule has 0 aromatic carbocycles. The maximum atomic E-state index is 12.0. The van der Waals surface area contributed by atoms with E-state index < -0.39 is 6.04 Å². The molecule has 1 aliphatic rings. The van der Waals surface area contributed by atoms with E-state index in [1.807, 2.05) is 12.3 Å². The Morgan fingerprint density at radius 2 is 2.33 bits per heavy atom. The van der Waals surface area contributed by atoms with E-state index in [2.05, 4.69) is 5.10 Å². The number of carbonyl (C=O) groups excluding carboxylic acids is 2. The van der Waals surface area contributed by atoms with E-state index in [9.17, 15) is 9.59 Å². The fourth-order valence-corrected chi connectivity index (χ4v) is 2.23. The first-order valence-corrected chi connectivity index (χ1v) is 6.07. The van der Waals surface area contributed by atoms with Crippen molar-refractivity contribution in [2.24, 2.45) is 0 Å². The van der Waals surface area contributed by atoms with Crippen LogP contribution in [0, 0.1) is 0 Å². The van der Waals surface area contributed by atoms with Gasteiger partial charge in [-0.05, 0) is 18.9 Å². The van der Waals surface area contributed by atoms with Crippen LogP contribution in [-0.4, -0.2) is 46.3 Å². The average Bonchev–Trinajstić information content (AvgIpc) is 3.05. The molecule has 0 saturated carbocycles. The molecule has 1 aromatic heterocycles. The smallest absolute Gasteiger partial charge is 0.328 e. The minimum Gasteiger partial charge on any atom is -0.467 e. The molecule has 0 radical (unpaired) electrons. The number of aryl methyl sites for hydroxylation is 1. The zero-order valence-corrected chi connectivity index (χ0v) is 10.4. The highest BCUT2D eigenvalue weighted by molar-refractivity contribution is 5.85. The molecule has 0 bridgehead atoms. The Morgan fingerprint density at radius 1 is 1.50 bits per heavy atom. The number of methoxy groups -OCH3 is 1. The van der Waals surface area contributed by atoms with Crippen LogP contribution in [0.2, 0.25) is 0 Å². The van der Waals surface area contributed by atoms with E-state index in [0.717, 1.165) is 6.42 Å². The molecule has 6 nitrogen and oxygen atoms in total. The number of nitrogens with zero attached hydrogens (tertiary/aromatic N) is 3. The average molecular weight is 251 g/mol. The van der Waals surface area contributed by atoms with Crippen LogP contribution in [0.15, 0.2) is 18.5 Å². The molecular weight excluding hydrogens is 234 g/mol. The lowest BCUT2D eigenvalue weighted by atomic mass is 10.2. The van der Waals surface area contributed by atoms with Crippen LogP contribution in [0.1, 0.15) is 19.3 Å². The second-order valence-corrected chi connectivity index (χ2v) is 4.29. The van der Waals surface area contributed by atoms with E-state index in [1.54, 1.807) is 15.8 Å². The predicted octanol–water partition coefficient (Wildman–Crippen LogP) is 0.437. The Bertz CT molecular complexity index is 416. The van der Waals surface area contributed by atoms with Crippen LogP contribution in [0.25, 0.3) is 0 Å². The Hall–Kier alpha value is -1.85. The molecule has 1 amide bonds. The van der Waals surface area contributed by atoms with Gasteiger partial charge in [-0.25, -0.2) is 4.79 Å². The molecule has 2 rings (SSSR count). The number of carbonyl (C=O) groups is 2. The standard InChI is InChI=1S/C12H17N3O3/c1-18-12(17)10-4-2-8-15(10)11(16)5-9-14-7-3-6-13-14/h3,6-7,10H,2,4-5,8-9H2,1H3. The Morgan fingerprint density at radius 3 is 3.00 bits per heavy atom. The summed E-state index contributed by atoms with van der Waals surface area (Å²) in [6, 6.07) is 1.41. The van der Waals surface area contributed by atoms with Crippen molar-refractivity contribution in [1.29, 1.82) is 0 Å². The Balaban J connectivity index is 1.89. The molecule has 1 saturated heterocycles. The third-order valence-electron chi connectivity index (χ3n) is 3.16. The maximum Gasteiger partial charge on any atom is 0.328 e. The number of ether oxygens (including phenoxy) is 1. The first-order valence-electron chi connectivity index (χ1n) is 6.07. The highest BCUT2D eigenvalue weighted by Gasteiger charge is 2.34. The van der Waals surface area contributed by atoms with Crippen molar-refractivity contribution in [3.63, 3.8) is 0 Å². The number of amides is 1. The lowest BCUT2D eigenvalue weighted by Gasteiger charge is -2.22. The highest BCUT2D eigenvalue weighted by Crippen LogP contribution is 2.19. The molecule has 0 N–H and O–H groups in total. The fourth-order valence-electron chi connectivity index (χ4n) is 2.23. The minimum atomic E-state index is -0.403. The van der Waals surface area contributed by atoms with E-state index in [1.165, 1.54) is 7.11 Å². The molecule has 1 unspecified atom stereocenters. The van der Waals surface area contributed by atoms with Crippen LogP contribution >= 0.6 is 0 Å². The van der Waals surface area contributed by atoms with Crippen LogP contribution in [0.5, 0.6) is 0 Å². The van der Waals surface area contributed by atoms with Gasteiger partial charge in [0.25, 0.3) is 0 Å². The van der Waals surface area contributed by atoms with Crippen LogP contribution < -0.4 is 0 Å². The first kappa shape index (κ1) is 12.6.